The number of carbonyl (C=O) groups excluding carboxylic acids is 1. The van der Waals surface area contributed by atoms with Gasteiger partial charge < -0.3 is 15.4 Å². The third kappa shape index (κ3) is 5.49. The summed E-state index contributed by atoms with van der Waals surface area (Å²) in [4.78, 5) is 11.9. The van der Waals surface area contributed by atoms with E-state index in [1.165, 1.54) is 16.1 Å². The smallest absolute Gasteiger partial charge is 0.319 e. The molecule has 1 aliphatic heterocycles. The molecule has 1 fully saturated rings. The molecular weight excluding hydrogens is 318 g/mol. The Morgan fingerprint density at radius 3 is 2.65 bits per heavy atom. The molecule has 0 saturated carbocycles. The molecule has 0 unspecified atom stereocenters. The quantitative estimate of drug-likeness (QED) is 0.837. The van der Waals surface area contributed by atoms with Crippen molar-refractivity contribution in [3.8, 4) is 0 Å². The Labute approximate surface area is 137 Å². The maximum Gasteiger partial charge on any atom is 0.319 e. The molecule has 2 N–H and O–H groups in total. The van der Waals surface area contributed by atoms with Crippen LogP contribution < -0.4 is 10.6 Å². The van der Waals surface area contributed by atoms with Gasteiger partial charge in [0.2, 0.25) is 10.0 Å². The fraction of sp³-hybridized carbons (Fsp3) is 0.533. The number of aryl methyl sites for hydroxylation is 1. The number of nitrogens with one attached hydrogen (secondary N) is 2. The maximum absolute atomic E-state index is 11.9. The number of rotatable bonds is 5. The molecule has 1 saturated heterocycles. The minimum Gasteiger partial charge on any atom is -0.374 e. The Bertz CT molecular complexity index is 631. The van der Waals surface area contributed by atoms with Crippen molar-refractivity contribution >= 4 is 21.7 Å². The lowest BCUT2D eigenvalue weighted by Crippen LogP contribution is -2.49. The van der Waals surface area contributed by atoms with E-state index < -0.39 is 10.0 Å². The summed E-state index contributed by atoms with van der Waals surface area (Å²) < 4.78 is 29.9. The van der Waals surface area contributed by atoms with Crippen LogP contribution in [0.25, 0.3) is 0 Å². The van der Waals surface area contributed by atoms with Gasteiger partial charge in [0.05, 0.1) is 19.0 Å². The van der Waals surface area contributed by atoms with Gasteiger partial charge in [-0.05, 0) is 24.1 Å². The van der Waals surface area contributed by atoms with Crippen molar-refractivity contribution in [1.82, 2.24) is 9.62 Å². The van der Waals surface area contributed by atoms with Crippen molar-refractivity contribution in [3.63, 3.8) is 0 Å². The second-order valence-corrected chi connectivity index (χ2v) is 7.48. The van der Waals surface area contributed by atoms with E-state index in [2.05, 4.69) is 17.6 Å². The molecule has 0 aromatic heterocycles. The molecular formula is C15H23N3O4S. The summed E-state index contributed by atoms with van der Waals surface area (Å²) in [6.45, 7) is 3.26. The number of hydrogen-bond acceptors (Lipinski definition) is 4. The van der Waals surface area contributed by atoms with E-state index in [9.17, 15) is 13.2 Å². The topological polar surface area (TPSA) is 87.7 Å². The van der Waals surface area contributed by atoms with Crippen molar-refractivity contribution in [3.05, 3.63) is 29.8 Å². The number of ether oxygens (including phenoxy) is 1. The van der Waals surface area contributed by atoms with Gasteiger partial charge in [0, 0.05) is 25.3 Å². The molecule has 7 nitrogen and oxygen atoms in total. The van der Waals surface area contributed by atoms with E-state index >= 15 is 0 Å². The van der Waals surface area contributed by atoms with Crippen molar-refractivity contribution in [1.29, 1.82) is 0 Å². The van der Waals surface area contributed by atoms with E-state index in [0.717, 1.165) is 6.42 Å². The first-order chi connectivity index (χ1) is 10.9. The van der Waals surface area contributed by atoms with Gasteiger partial charge in [0.15, 0.2) is 0 Å². The monoisotopic (exact) mass is 341 g/mol. The lowest BCUT2D eigenvalue weighted by molar-refractivity contribution is 0.00167. The van der Waals surface area contributed by atoms with Crippen LogP contribution in [0.4, 0.5) is 10.5 Å². The van der Waals surface area contributed by atoms with E-state index in [4.69, 9.17) is 4.74 Å². The van der Waals surface area contributed by atoms with E-state index in [1.807, 2.05) is 24.3 Å². The minimum atomic E-state index is -3.23. The number of sulfonamides is 1. The number of hydrogen-bond donors (Lipinski definition) is 2. The molecule has 2 amide bonds. The largest absolute Gasteiger partial charge is 0.374 e. The highest BCUT2D eigenvalue weighted by atomic mass is 32.2. The number of benzene rings is 1. The van der Waals surface area contributed by atoms with Crippen molar-refractivity contribution in [2.45, 2.75) is 19.4 Å². The molecule has 0 bridgehead atoms. The summed E-state index contributed by atoms with van der Waals surface area (Å²) in [6, 6.07) is 7.28. The van der Waals surface area contributed by atoms with Crippen LogP contribution in [0.15, 0.2) is 24.3 Å². The average molecular weight is 341 g/mol. The zero-order valence-electron chi connectivity index (χ0n) is 13.4. The second-order valence-electron chi connectivity index (χ2n) is 5.50. The highest BCUT2D eigenvalue weighted by molar-refractivity contribution is 7.88. The van der Waals surface area contributed by atoms with Gasteiger partial charge in [-0.15, -0.1) is 0 Å². The summed E-state index contributed by atoms with van der Waals surface area (Å²) in [5, 5.41) is 5.44. The Morgan fingerprint density at radius 1 is 1.35 bits per heavy atom. The summed E-state index contributed by atoms with van der Waals surface area (Å²) in [5.41, 5.74) is 1.91. The standard InChI is InChI=1S/C15H23N3O4S/c1-3-12-4-6-13(7-5-12)17-15(19)16-10-14-11-18(8-9-22-14)23(2,20)21/h4-7,14H,3,8-11H2,1-2H3,(H2,16,17,19)/t14-/m0/s1. The molecule has 0 radical (unpaired) electrons. The molecule has 0 spiro atoms. The number of carbonyl (C=O) groups is 1. The van der Waals surface area contributed by atoms with Crippen LogP contribution in [-0.2, 0) is 21.2 Å². The maximum atomic E-state index is 11.9. The summed E-state index contributed by atoms with van der Waals surface area (Å²) in [6.07, 6.45) is 1.78. The summed E-state index contributed by atoms with van der Waals surface area (Å²) in [5.74, 6) is 0. The lowest BCUT2D eigenvalue weighted by Gasteiger charge is -2.31. The molecule has 23 heavy (non-hydrogen) atoms. The van der Waals surface area contributed by atoms with Crippen LogP contribution in [0, 0.1) is 0 Å². The van der Waals surface area contributed by atoms with E-state index in [1.54, 1.807) is 0 Å². The highest BCUT2D eigenvalue weighted by Crippen LogP contribution is 2.10. The molecule has 1 heterocycles. The van der Waals surface area contributed by atoms with Gasteiger partial charge in [-0.2, -0.15) is 4.31 Å². The van der Waals surface area contributed by atoms with Crippen LogP contribution >= 0.6 is 0 Å². The first-order valence-electron chi connectivity index (χ1n) is 7.59. The van der Waals surface area contributed by atoms with Crippen LogP contribution in [0.3, 0.4) is 0 Å². The Kier molecular flexibility index (Phi) is 5.97. The third-order valence-electron chi connectivity index (χ3n) is 3.68. The zero-order chi connectivity index (χ0) is 16.9. The number of anilines is 1. The first-order valence-corrected chi connectivity index (χ1v) is 9.44. The molecule has 1 aromatic rings. The molecule has 8 heteroatoms. The van der Waals surface area contributed by atoms with Crippen LogP contribution in [-0.4, -0.2) is 57.4 Å². The molecule has 0 aliphatic carbocycles. The molecule has 128 valence electrons. The molecule has 1 aliphatic rings. The SMILES string of the molecule is CCc1ccc(NC(=O)NC[C@H]2CN(S(C)(=O)=O)CCO2)cc1. The predicted octanol–water partition coefficient (Wildman–Crippen LogP) is 1.03. The summed E-state index contributed by atoms with van der Waals surface area (Å²) >= 11 is 0. The van der Waals surface area contributed by atoms with Gasteiger partial charge in [0.25, 0.3) is 0 Å². The van der Waals surface area contributed by atoms with Crippen molar-refractivity contribution in [2.24, 2.45) is 0 Å². The van der Waals surface area contributed by atoms with Gasteiger partial charge in [-0.25, -0.2) is 13.2 Å². The average Bonchev–Trinajstić information content (AvgIpc) is 2.53. The van der Waals surface area contributed by atoms with Crippen LogP contribution in [0.5, 0.6) is 0 Å². The number of morpholine rings is 1. The van der Waals surface area contributed by atoms with Gasteiger partial charge in [0.1, 0.15) is 0 Å². The predicted molar refractivity (Wildman–Crippen MR) is 89.0 cm³/mol. The lowest BCUT2D eigenvalue weighted by atomic mass is 10.1. The van der Waals surface area contributed by atoms with Gasteiger partial charge in [-0.1, -0.05) is 19.1 Å². The first kappa shape index (κ1) is 17.7. The van der Waals surface area contributed by atoms with Gasteiger partial charge in [-0.3, -0.25) is 0 Å². The molecule has 1 atom stereocenters. The van der Waals surface area contributed by atoms with E-state index in [0.29, 0.717) is 18.8 Å². The highest BCUT2D eigenvalue weighted by Gasteiger charge is 2.26. The number of nitrogens with zero attached hydrogens (tertiary/aromatic N) is 1. The van der Waals surface area contributed by atoms with Crippen LogP contribution in [0.1, 0.15) is 12.5 Å². The molecule has 2 rings (SSSR count). The normalized spacial score (nSPS) is 19.3. The van der Waals surface area contributed by atoms with E-state index in [-0.39, 0.29) is 25.2 Å². The number of urea groups is 1. The second kappa shape index (κ2) is 7.76. The minimum absolute atomic E-state index is 0.254. The Morgan fingerprint density at radius 2 is 2.04 bits per heavy atom. The Hall–Kier alpha value is -1.64. The van der Waals surface area contributed by atoms with Gasteiger partial charge >= 0.3 is 6.03 Å². The van der Waals surface area contributed by atoms with Crippen molar-refractivity contribution in [2.75, 3.05) is 37.8 Å². The fourth-order valence-electron chi connectivity index (χ4n) is 2.32. The third-order valence-corrected chi connectivity index (χ3v) is 4.95. The summed E-state index contributed by atoms with van der Waals surface area (Å²) in [7, 11) is -3.23. The van der Waals surface area contributed by atoms with Crippen LogP contribution in [0.2, 0.25) is 0 Å². The zero-order valence-corrected chi connectivity index (χ0v) is 14.2. The molecule has 1 aromatic carbocycles. The Balaban J connectivity index is 1.79. The van der Waals surface area contributed by atoms with Crippen molar-refractivity contribution < 1.29 is 17.9 Å². The number of amides is 2. The fourth-order valence-corrected chi connectivity index (χ4v) is 3.17.